The van der Waals surface area contributed by atoms with Crippen LogP contribution in [-0.2, 0) is 9.59 Å². The maximum atomic E-state index is 13.4. The Labute approximate surface area is 144 Å². The molecular formula is C16H22BrFN2O3. The average Bonchev–Trinajstić information content (AvgIpc) is 2.53. The van der Waals surface area contributed by atoms with Gasteiger partial charge in [-0.25, -0.2) is 4.39 Å². The molecule has 1 unspecified atom stereocenters. The smallest absolute Gasteiger partial charge is 0.291 e. The Morgan fingerprint density at radius 3 is 2.57 bits per heavy atom. The molecule has 0 saturated carbocycles. The molecule has 0 aliphatic heterocycles. The van der Waals surface area contributed by atoms with Crippen molar-refractivity contribution in [2.75, 3.05) is 25.0 Å². The number of benzene rings is 1. The lowest BCUT2D eigenvalue weighted by Gasteiger charge is -2.21. The summed E-state index contributed by atoms with van der Waals surface area (Å²) in [7, 11) is 0. The highest BCUT2D eigenvalue weighted by Gasteiger charge is 2.17. The second-order valence-electron chi connectivity index (χ2n) is 5.18. The van der Waals surface area contributed by atoms with Crippen LogP contribution < -0.4 is 5.32 Å². The minimum absolute atomic E-state index is 0.0483. The van der Waals surface area contributed by atoms with Gasteiger partial charge in [0.15, 0.2) is 0 Å². The van der Waals surface area contributed by atoms with E-state index in [2.05, 4.69) is 21.2 Å². The number of likely N-dealkylation sites (N-methyl/N-ethyl adjacent to an activating group) is 1. The van der Waals surface area contributed by atoms with Gasteiger partial charge in [0.2, 0.25) is 5.78 Å². The van der Waals surface area contributed by atoms with Crippen LogP contribution in [0.25, 0.3) is 0 Å². The lowest BCUT2D eigenvalue weighted by atomic mass is 10.1. The van der Waals surface area contributed by atoms with Gasteiger partial charge in [-0.1, -0.05) is 13.8 Å². The molecule has 0 spiro atoms. The van der Waals surface area contributed by atoms with Crippen molar-refractivity contribution < 1.29 is 19.1 Å². The summed E-state index contributed by atoms with van der Waals surface area (Å²) in [5.74, 6) is -1.96. The zero-order valence-electron chi connectivity index (χ0n) is 13.3. The van der Waals surface area contributed by atoms with Crippen LogP contribution in [-0.4, -0.2) is 47.4 Å². The first-order valence-corrected chi connectivity index (χ1v) is 8.36. The van der Waals surface area contributed by atoms with Gasteiger partial charge in [-0.3, -0.25) is 9.59 Å². The molecule has 1 atom stereocenters. The second-order valence-corrected chi connectivity index (χ2v) is 6.04. The number of hydrogen-bond donors (Lipinski definition) is 2. The molecule has 5 nitrogen and oxygen atoms in total. The summed E-state index contributed by atoms with van der Waals surface area (Å²) in [6.07, 6.45) is -0.484. The third-order valence-corrected chi connectivity index (χ3v) is 4.14. The van der Waals surface area contributed by atoms with E-state index in [1.807, 2.05) is 18.7 Å². The Kier molecular flexibility index (Phi) is 8.36. The number of halogens is 2. The molecule has 23 heavy (non-hydrogen) atoms. The quantitative estimate of drug-likeness (QED) is 0.637. The monoisotopic (exact) mass is 388 g/mol. The average molecular weight is 389 g/mol. The molecule has 0 saturated heterocycles. The number of amides is 1. The lowest BCUT2D eigenvalue weighted by Crippen LogP contribution is -2.33. The fourth-order valence-electron chi connectivity index (χ4n) is 2.06. The van der Waals surface area contributed by atoms with Gasteiger partial charge in [0, 0.05) is 18.7 Å². The van der Waals surface area contributed by atoms with E-state index in [1.165, 1.54) is 12.1 Å². The van der Waals surface area contributed by atoms with E-state index in [9.17, 15) is 19.1 Å². The Balaban J connectivity index is 2.44. The highest BCUT2D eigenvalue weighted by Crippen LogP contribution is 2.19. The molecule has 1 amide bonds. The highest BCUT2D eigenvalue weighted by atomic mass is 79.9. The summed E-state index contributed by atoms with van der Waals surface area (Å²) in [6.45, 7) is 6.09. The third kappa shape index (κ3) is 6.76. The Morgan fingerprint density at radius 2 is 2.00 bits per heavy atom. The van der Waals surface area contributed by atoms with Crippen LogP contribution in [0.4, 0.5) is 10.1 Å². The number of carbonyl (C=O) groups is 2. The first-order chi connectivity index (χ1) is 10.9. The number of rotatable bonds is 9. The van der Waals surface area contributed by atoms with Gasteiger partial charge < -0.3 is 15.3 Å². The molecule has 7 heteroatoms. The molecule has 1 aromatic rings. The summed E-state index contributed by atoms with van der Waals surface area (Å²) in [6, 6.07) is 4.07. The number of aliphatic hydroxyl groups is 1. The zero-order chi connectivity index (χ0) is 17.4. The molecule has 1 aromatic carbocycles. The first-order valence-electron chi connectivity index (χ1n) is 7.57. The number of carbonyl (C=O) groups excluding carboxylic acids is 2. The summed E-state index contributed by atoms with van der Waals surface area (Å²) >= 11 is 3.01. The summed E-state index contributed by atoms with van der Waals surface area (Å²) < 4.78 is 13.6. The van der Waals surface area contributed by atoms with E-state index in [0.29, 0.717) is 6.54 Å². The predicted octanol–water partition coefficient (Wildman–Crippen LogP) is 2.58. The Bertz CT molecular complexity index is 550. The van der Waals surface area contributed by atoms with E-state index in [-0.39, 0.29) is 23.0 Å². The predicted molar refractivity (Wildman–Crippen MR) is 90.8 cm³/mol. The molecule has 0 aromatic heterocycles. The van der Waals surface area contributed by atoms with Gasteiger partial charge in [0.1, 0.15) is 5.82 Å². The van der Waals surface area contributed by atoms with Gasteiger partial charge >= 0.3 is 0 Å². The van der Waals surface area contributed by atoms with E-state index in [1.54, 1.807) is 0 Å². The molecule has 0 aliphatic carbocycles. The van der Waals surface area contributed by atoms with Crippen molar-refractivity contribution in [3.8, 4) is 0 Å². The molecule has 0 bridgehead atoms. The van der Waals surface area contributed by atoms with Crippen LogP contribution in [0, 0.1) is 5.82 Å². The second kappa shape index (κ2) is 9.75. The van der Waals surface area contributed by atoms with E-state index in [0.717, 1.165) is 19.2 Å². The van der Waals surface area contributed by atoms with Crippen molar-refractivity contribution in [1.29, 1.82) is 0 Å². The number of Topliss-reactive ketones (excluding diaryl/α,β-unsaturated/α-hetero) is 1. The maximum absolute atomic E-state index is 13.4. The fraction of sp³-hybridized carbons (Fsp3) is 0.500. The van der Waals surface area contributed by atoms with Gasteiger partial charge in [-0.15, -0.1) is 0 Å². The molecule has 128 valence electrons. The topological polar surface area (TPSA) is 69.6 Å². The Hall–Kier alpha value is -1.31. The molecule has 0 heterocycles. The van der Waals surface area contributed by atoms with E-state index < -0.39 is 23.6 Å². The van der Waals surface area contributed by atoms with Crippen molar-refractivity contribution in [3.05, 3.63) is 28.5 Å². The summed E-state index contributed by atoms with van der Waals surface area (Å²) in [4.78, 5) is 25.6. The van der Waals surface area contributed by atoms with Crippen LogP contribution in [0.3, 0.4) is 0 Å². The van der Waals surface area contributed by atoms with Crippen molar-refractivity contribution in [2.45, 2.75) is 32.8 Å². The van der Waals surface area contributed by atoms with Crippen LogP contribution in [0.1, 0.15) is 26.7 Å². The number of nitrogens with zero attached hydrogens (tertiary/aromatic N) is 1. The van der Waals surface area contributed by atoms with Crippen LogP contribution >= 0.6 is 15.9 Å². The largest absolute Gasteiger partial charge is 0.392 e. The fourth-order valence-corrected chi connectivity index (χ4v) is 2.30. The van der Waals surface area contributed by atoms with Crippen molar-refractivity contribution in [2.24, 2.45) is 0 Å². The van der Waals surface area contributed by atoms with Crippen molar-refractivity contribution in [1.82, 2.24) is 4.90 Å². The van der Waals surface area contributed by atoms with Crippen LogP contribution in [0.15, 0.2) is 22.7 Å². The zero-order valence-corrected chi connectivity index (χ0v) is 14.9. The summed E-state index contributed by atoms with van der Waals surface area (Å²) in [5.41, 5.74) is 0.215. The minimum atomic E-state index is -0.804. The van der Waals surface area contributed by atoms with Crippen molar-refractivity contribution in [3.63, 3.8) is 0 Å². The normalized spacial score (nSPS) is 12.3. The van der Waals surface area contributed by atoms with Gasteiger partial charge in [0.05, 0.1) is 10.6 Å². The first kappa shape index (κ1) is 19.7. The van der Waals surface area contributed by atoms with Crippen LogP contribution in [0.2, 0.25) is 0 Å². The number of anilines is 1. The number of aliphatic hydroxyl groups excluding tert-OH is 1. The van der Waals surface area contributed by atoms with Crippen LogP contribution in [0.5, 0.6) is 0 Å². The van der Waals surface area contributed by atoms with Gasteiger partial charge in [-0.2, -0.15) is 0 Å². The number of nitrogens with one attached hydrogen (secondary N) is 1. The highest BCUT2D eigenvalue weighted by molar-refractivity contribution is 9.10. The van der Waals surface area contributed by atoms with E-state index >= 15 is 0 Å². The van der Waals surface area contributed by atoms with Gasteiger partial charge in [0.25, 0.3) is 5.91 Å². The molecule has 0 radical (unpaired) electrons. The number of hydrogen-bond acceptors (Lipinski definition) is 4. The lowest BCUT2D eigenvalue weighted by molar-refractivity contribution is -0.135. The van der Waals surface area contributed by atoms with Crippen molar-refractivity contribution >= 4 is 33.3 Å². The number of ketones is 1. The molecule has 2 N–H and O–H groups in total. The summed E-state index contributed by atoms with van der Waals surface area (Å²) in [5, 5.41) is 12.2. The Morgan fingerprint density at radius 1 is 1.35 bits per heavy atom. The molecular weight excluding hydrogens is 367 g/mol. The minimum Gasteiger partial charge on any atom is -0.392 e. The molecule has 0 fully saturated rings. The molecule has 0 aliphatic rings. The van der Waals surface area contributed by atoms with E-state index in [4.69, 9.17) is 0 Å². The molecule has 1 rings (SSSR count). The van der Waals surface area contributed by atoms with Gasteiger partial charge in [-0.05, 0) is 53.6 Å². The standard InChI is InChI=1S/C16H22BrFN2O3/c1-3-20(4-2)10-12(21)6-8-15(22)16(23)19-11-5-7-13(17)14(18)9-11/h5,7,9,12,21H,3-4,6,8,10H2,1-2H3,(H,19,23). The third-order valence-electron chi connectivity index (χ3n) is 3.50. The SMILES string of the molecule is CCN(CC)CC(O)CCC(=O)C(=O)Nc1ccc(Br)c(F)c1. The maximum Gasteiger partial charge on any atom is 0.291 e.